The van der Waals surface area contributed by atoms with Crippen LogP contribution in [0.2, 0.25) is 0 Å². The van der Waals surface area contributed by atoms with Gasteiger partial charge in [0.15, 0.2) is 11.5 Å². The van der Waals surface area contributed by atoms with Crippen LogP contribution in [0.4, 0.5) is 0 Å². The van der Waals surface area contributed by atoms with Gasteiger partial charge in [0.2, 0.25) is 5.91 Å². The Morgan fingerprint density at radius 1 is 1.17 bits per heavy atom. The summed E-state index contributed by atoms with van der Waals surface area (Å²) in [7, 11) is 3.24. The molecule has 0 unspecified atom stereocenters. The molecule has 0 bridgehead atoms. The number of benzene rings is 1. The molecule has 0 radical (unpaired) electrons. The van der Waals surface area contributed by atoms with E-state index >= 15 is 0 Å². The van der Waals surface area contributed by atoms with Gasteiger partial charge in [-0.15, -0.1) is 0 Å². The lowest BCUT2D eigenvalue weighted by molar-refractivity contribution is -0.123. The molecule has 1 aromatic carbocycles. The molecule has 0 heterocycles. The molecule has 1 amide bonds. The zero-order valence-corrected chi connectivity index (χ0v) is 15.4. The number of nitrogens with zero attached hydrogens (tertiary/aromatic N) is 1. The zero-order valence-electron chi connectivity index (χ0n) is 15.4. The molecule has 1 saturated carbocycles. The van der Waals surface area contributed by atoms with E-state index in [-0.39, 0.29) is 11.3 Å². The lowest BCUT2D eigenvalue weighted by Gasteiger charge is -2.20. The number of hydrogen-bond donors (Lipinski definition) is 1. The van der Waals surface area contributed by atoms with Gasteiger partial charge in [-0.1, -0.05) is 19.9 Å². The summed E-state index contributed by atoms with van der Waals surface area (Å²) >= 11 is 0. The molecule has 2 rings (SSSR count). The standard InChI is InChI=1S/C19H30N2O3/c1-5-21(6-2)13-7-12-20-18(22)19(10-11-19)15-8-9-16(23-3)17(14-15)24-4/h8-9,14H,5-7,10-13H2,1-4H3,(H,20,22). The number of carbonyl (C=O) groups is 1. The molecule has 0 spiro atoms. The van der Waals surface area contributed by atoms with Crippen molar-refractivity contribution in [1.29, 1.82) is 0 Å². The van der Waals surface area contributed by atoms with E-state index in [0.717, 1.165) is 51.0 Å². The Kier molecular flexibility index (Phi) is 6.49. The first-order valence-electron chi connectivity index (χ1n) is 8.84. The van der Waals surface area contributed by atoms with E-state index in [1.54, 1.807) is 14.2 Å². The fourth-order valence-corrected chi connectivity index (χ4v) is 3.12. The Bertz CT molecular complexity index is 552. The van der Waals surface area contributed by atoms with E-state index < -0.39 is 0 Å². The number of hydrogen-bond acceptors (Lipinski definition) is 4. The highest BCUT2D eigenvalue weighted by atomic mass is 16.5. The van der Waals surface area contributed by atoms with Crippen LogP contribution in [0.25, 0.3) is 0 Å². The molecule has 5 nitrogen and oxygen atoms in total. The van der Waals surface area contributed by atoms with Gasteiger partial charge >= 0.3 is 0 Å². The van der Waals surface area contributed by atoms with Gasteiger partial charge in [-0.2, -0.15) is 0 Å². The minimum atomic E-state index is -0.380. The molecule has 0 saturated heterocycles. The van der Waals surface area contributed by atoms with Crippen LogP contribution in [-0.4, -0.2) is 51.2 Å². The van der Waals surface area contributed by atoms with Gasteiger partial charge in [0, 0.05) is 6.54 Å². The van der Waals surface area contributed by atoms with Crippen molar-refractivity contribution in [1.82, 2.24) is 10.2 Å². The zero-order chi connectivity index (χ0) is 17.6. The maximum absolute atomic E-state index is 12.7. The Labute approximate surface area is 145 Å². The molecule has 1 aliphatic rings. The second-order valence-corrected chi connectivity index (χ2v) is 6.29. The molecule has 1 aromatic rings. The number of nitrogens with one attached hydrogen (secondary N) is 1. The van der Waals surface area contributed by atoms with Gasteiger partial charge in [-0.3, -0.25) is 4.79 Å². The average molecular weight is 334 g/mol. The molecule has 1 N–H and O–H groups in total. The maximum Gasteiger partial charge on any atom is 0.230 e. The Morgan fingerprint density at radius 3 is 2.38 bits per heavy atom. The van der Waals surface area contributed by atoms with Crippen LogP contribution in [0.15, 0.2) is 18.2 Å². The Balaban J connectivity index is 1.94. The second kappa shape index (κ2) is 8.38. The number of rotatable bonds is 10. The largest absolute Gasteiger partial charge is 0.493 e. The van der Waals surface area contributed by atoms with Crippen LogP contribution in [-0.2, 0) is 10.2 Å². The molecule has 1 aliphatic carbocycles. The molecule has 5 heteroatoms. The quantitative estimate of drug-likeness (QED) is 0.668. The third kappa shape index (κ3) is 4.01. The fraction of sp³-hybridized carbons (Fsp3) is 0.632. The first-order valence-corrected chi connectivity index (χ1v) is 8.84. The van der Waals surface area contributed by atoms with Crippen LogP contribution in [0.3, 0.4) is 0 Å². The van der Waals surface area contributed by atoms with Crippen molar-refractivity contribution in [3.05, 3.63) is 23.8 Å². The highest BCUT2D eigenvalue weighted by Gasteiger charge is 2.51. The van der Waals surface area contributed by atoms with E-state index in [2.05, 4.69) is 24.1 Å². The summed E-state index contributed by atoms with van der Waals surface area (Å²) in [6, 6.07) is 5.78. The van der Waals surface area contributed by atoms with Gasteiger partial charge in [-0.25, -0.2) is 0 Å². The van der Waals surface area contributed by atoms with E-state index in [1.165, 1.54) is 0 Å². The van der Waals surface area contributed by atoms with Crippen LogP contribution < -0.4 is 14.8 Å². The van der Waals surface area contributed by atoms with Crippen molar-refractivity contribution in [2.75, 3.05) is 40.4 Å². The lowest BCUT2D eigenvalue weighted by atomic mass is 9.94. The molecule has 0 aromatic heterocycles. The summed E-state index contributed by atoms with van der Waals surface area (Å²) in [5, 5.41) is 3.12. The molecular formula is C19H30N2O3. The minimum Gasteiger partial charge on any atom is -0.493 e. The number of ether oxygens (including phenoxy) is 2. The lowest BCUT2D eigenvalue weighted by Crippen LogP contribution is -2.36. The molecule has 134 valence electrons. The molecule has 0 aliphatic heterocycles. The first-order chi connectivity index (χ1) is 11.6. The van der Waals surface area contributed by atoms with E-state index in [9.17, 15) is 4.79 Å². The Hall–Kier alpha value is -1.75. The Morgan fingerprint density at radius 2 is 1.83 bits per heavy atom. The third-order valence-corrected chi connectivity index (χ3v) is 4.95. The topological polar surface area (TPSA) is 50.8 Å². The van der Waals surface area contributed by atoms with Gasteiger partial charge in [0.05, 0.1) is 19.6 Å². The van der Waals surface area contributed by atoms with Gasteiger partial charge < -0.3 is 19.7 Å². The molecule has 0 atom stereocenters. The first kappa shape index (κ1) is 18.6. The van der Waals surface area contributed by atoms with Crippen molar-refractivity contribution in [3.8, 4) is 11.5 Å². The third-order valence-electron chi connectivity index (χ3n) is 4.95. The van der Waals surface area contributed by atoms with E-state index in [0.29, 0.717) is 11.5 Å². The maximum atomic E-state index is 12.7. The van der Waals surface area contributed by atoms with Gasteiger partial charge in [-0.05, 0) is 56.6 Å². The smallest absolute Gasteiger partial charge is 0.230 e. The van der Waals surface area contributed by atoms with Gasteiger partial charge in [0.25, 0.3) is 0 Å². The molecule has 24 heavy (non-hydrogen) atoms. The highest BCUT2D eigenvalue weighted by molar-refractivity contribution is 5.91. The monoisotopic (exact) mass is 334 g/mol. The molecule has 1 fully saturated rings. The van der Waals surface area contributed by atoms with Crippen molar-refractivity contribution in [3.63, 3.8) is 0 Å². The number of methoxy groups -OCH3 is 2. The summed E-state index contributed by atoms with van der Waals surface area (Å²) in [6.07, 6.45) is 2.77. The van der Waals surface area contributed by atoms with Crippen molar-refractivity contribution >= 4 is 5.91 Å². The van der Waals surface area contributed by atoms with E-state index in [1.807, 2.05) is 18.2 Å². The summed E-state index contributed by atoms with van der Waals surface area (Å²) < 4.78 is 10.6. The average Bonchev–Trinajstić information content (AvgIpc) is 3.43. The summed E-state index contributed by atoms with van der Waals surface area (Å²) in [5.41, 5.74) is 0.635. The SMILES string of the molecule is CCN(CC)CCCNC(=O)C1(c2ccc(OC)c(OC)c2)CC1. The summed E-state index contributed by atoms with van der Waals surface area (Å²) in [5.74, 6) is 1.50. The van der Waals surface area contributed by atoms with E-state index in [4.69, 9.17) is 9.47 Å². The highest BCUT2D eigenvalue weighted by Crippen LogP contribution is 2.50. The minimum absolute atomic E-state index is 0.134. The van der Waals surface area contributed by atoms with Crippen molar-refractivity contribution in [2.24, 2.45) is 0 Å². The van der Waals surface area contributed by atoms with Crippen LogP contribution in [0.5, 0.6) is 11.5 Å². The summed E-state index contributed by atoms with van der Waals surface area (Å²) in [6.45, 7) is 8.19. The van der Waals surface area contributed by atoms with Crippen molar-refractivity contribution < 1.29 is 14.3 Å². The molecular weight excluding hydrogens is 304 g/mol. The number of amides is 1. The number of carbonyl (C=O) groups excluding carboxylic acids is 1. The summed E-state index contributed by atoms with van der Waals surface area (Å²) in [4.78, 5) is 15.0. The van der Waals surface area contributed by atoms with Crippen LogP contribution >= 0.6 is 0 Å². The van der Waals surface area contributed by atoms with Gasteiger partial charge in [0.1, 0.15) is 0 Å². The second-order valence-electron chi connectivity index (χ2n) is 6.29. The predicted octanol–water partition coefficient (Wildman–Crippen LogP) is 2.58. The van der Waals surface area contributed by atoms with Crippen LogP contribution in [0.1, 0.15) is 38.7 Å². The predicted molar refractivity (Wildman–Crippen MR) is 95.9 cm³/mol. The van der Waals surface area contributed by atoms with Crippen molar-refractivity contribution in [2.45, 2.75) is 38.5 Å². The van der Waals surface area contributed by atoms with Crippen LogP contribution in [0, 0.1) is 0 Å². The fourth-order valence-electron chi connectivity index (χ4n) is 3.12. The normalized spacial score (nSPS) is 15.2.